The van der Waals surface area contributed by atoms with Crippen molar-refractivity contribution < 1.29 is 13.2 Å². The predicted molar refractivity (Wildman–Crippen MR) is 119 cm³/mol. The van der Waals surface area contributed by atoms with Gasteiger partial charge >= 0.3 is 0 Å². The van der Waals surface area contributed by atoms with E-state index in [1.165, 1.54) is 4.31 Å². The Kier molecular flexibility index (Phi) is 5.12. The van der Waals surface area contributed by atoms with Crippen molar-refractivity contribution in [2.75, 3.05) is 10.8 Å². The molecule has 0 saturated heterocycles. The smallest absolute Gasteiger partial charge is 0.265 e. The van der Waals surface area contributed by atoms with Crippen molar-refractivity contribution in [1.82, 2.24) is 5.32 Å². The fraction of sp³-hybridized carbons (Fsp3) is 0.208. The summed E-state index contributed by atoms with van der Waals surface area (Å²) >= 11 is 0. The number of hydrogen-bond donors (Lipinski definition) is 1. The van der Waals surface area contributed by atoms with E-state index in [4.69, 9.17) is 0 Å². The number of para-hydroxylation sites is 1. The van der Waals surface area contributed by atoms with Crippen LogP contribution < -0.4 is 9.62 Å². The first-order valence-corrected chi connectivity index (χ1v) is 11.3. The first-order valence-electron chi connectivity index (χ1n) is 9.86. The number of anilines is 1. The quantitative estimate of drug-likeness (QED) is 0.682. The molecule has 0 spiro atoms. The molecule has 1 N–H and O–H groups in total. The molecule has 0 saturated carbocycles. The van der Waals surface area contributed by atoms with E-state index >= 15 is 0 Å². The predicted octanol–water partition coefficient (Wildman–Crippen LogP) is 4.36. The molecule has 0 unspecified atom stereocenters. The molecule has 0 bridgehead atoms. The maximum atomic E-state index is 13.3. The average Bonchev–Trinajstić information content (AvgIpc) is 2.71. The summed E-state index contributed by atoms with van der Waals surface area (Å²) in [5, 5.41) is 2.95. The van der Waals surface area contributed by atoms with Crippen LogP contribution in [0.1, 0.15) is 29.7 Å². The molecule has 3 aromatic carbocycles. The molecule has 1 amide bonds. The Morgan fingerprint density at radius 2 is 1.63 bits per heavy atom. The number of hydrogen-bond acceptors (Lipinski definition) is 3. The number of sulfonamides is 1. The summed E-state index contributed by atoms with van der Waals surface area (Å²) in [6, 6.07) is 20.0. The monoisotopic (exact) mass is 420 g/mol. The van der Waals surface area contributed by atoms with Crippen LogP contribution in [0.5, 0.6) is 0 Å². The molecule has 0 fully saturated rings. The van der Waals surface area contributed by atoms with Crippen LogP contribution in [0.2, 0.25) is 0 Å². The van der Waals surface area contributed by atoms with Crippen molar-refractivity contribution in [2.24, 2.45) is 0 Å². The van der Waals surface area contributed by atoms with Gasteiger partial charge in [0.15, 0.2) is 0 Å². The lowest BCUT2D eigenvalue weighted by molar-refractivity contribution is -0.120. The molecule has 4 rings (SSSR count). The molecule has 1 heterocycles. The van der Waals surface area contributed by atoms with Crippen LogP contribution >= 0.6 is 0 Å². The highest BCUT2D eigenvalue weighted by Crippen LogP contribution is 2.42. The fourth-order valence-corrected chi connectivity index (χ4v) is 5.71. The molecule has 1 aliphatic heterocycles. The zero-order valence-electron chi connectivity index (χ0n) is 17.2. The Balaban J connectivity index is 1.63. The van der Waals surface area contributed by atoms with Crippen LogP contribution in [0.4, 0.5) is 5.69 Å². The second-order valence-corrected chi connectivity index (χ2v) is 9.50. The SMILES string of the molecule is Cc1ccc([C@@H](C)NC(=O)CN2c3ccccc3-c3ccccc3S2(=O)=O)c(C)c1. The number of aryl methyl sites for hydroxylation is 2. The van der Waals surface area contributed by atoms with Gasteiger partial charge in [0, 0.05) is 11.1 Å². The Hall–Kier alpha value is -3.12. The summed E-state index contributed by atoms with van der Waals surface area (Å²) < 4.78 is 27.8. The van der Waals surface area contributed by atoms with Gasteiger partial charge in [0.1, 0.15) is 6.54 Å². The van der Waals surface area contributed by atoms with Gasteiger partial charge in [-0.3, -0.25) is 9.10 Å². The molecule has 0 aliphatic carbocycles. The van der Waals surface area contributed by atoms with E-state index in [2.05, 4.69) is 11.4 Å². The molecule has 1 aliphatic rings. The summed E-state index contributed by atoms with van der Waals surface area (Å²) in [5.74, 6) is -0.347. The molecule has 0 aromatic heterocycles. The van der Waals surface area contributed by atoms with Crippen molar-refractivity contribution in [2.45, 2.75) is 31.7 Å². The number of nitrogens with zero attached hydrogens (tertiary/aromatic N) is 1. The van der Waals surface area contributed by atoms with Gasteiger partial charge in [-0.05, 0) is 44.0 Å². The van der Waals surface area contributed by atoms with Gasteiger partial charge in [0.25, 0.3) is 10.0 Å². The lowest BCUT2D eigenvalue weighted by Crippen LogP contribution is -2.43. The third kappa shape index (κ3) is 3.48. The topological polar surface area (TPSA) is 66.5 Å². The van der Waals surface area contributed by atoms with Crippen LogP contribution in [-0.2, 0) is 14.8 Å². The standard InChI is InChI=1S/C24H24N2O3S/c1-16-12-13-19(17(2)14-16)18(3)25-24(27)15-26-22-10-6-4-8-20(22)21-9-5-7-11-23(21)30(26,28)29/h4-14,18H,15H2,1-3H3,(H,25,27)/t18-/m1/s1. The van der Waals surface area contributed by atoms with Crippen LogP contribution in [-0.4, -0.2) is 20.9 Å². The lowest BCUT2D eigenvalue weighted by atomic mass is 10.0. The number of amides is 1. The van der Waals surface area contributed by atoms with E-state index in [9.17, 15) is 13.2 Å². The molecule has 0 radical (unpaired) electrons. The highest BCUT2D eigenvalue weighted by molar-refractivity contribution is 7.93. The van der Waals surface area contributed by atoms with Crippen molar-refractivity contribution in [3.05, 3.63) is 83.4 Å². The maximum Gasteiger partial charge on any atom is 0.265 e. The average molecular weight is 421 g/mol. The zero-order valence-corrected chi connectivity index (χ0v) is 18.0. The van der Waals surface area contributed by atoms with E-state index < -0.39 is 10.0 Å². The van der Waals surface area contributed by atoms with Gasteiger partial charge in [-0.2, -0.15) is 0 Å². The lowest BCUT2D eigenvalue weighted by Gasteiger charge is -2.32. The van der Waals surface area contributed by atoms with E-state index in [0.29, 0.717) is 11.3 Å². The van der Waals surface area contributed by atoms with E-state index in [0.717, 1.165) is 22.3 Å². The van der Waals surface area contributed by atoms with Crippen molar-refractivity contribution >= 4 is 21.6 Å². The molecule has 5 nitrogen and oxygen atoms in total. The number of fused-ring (bicyclic) bond motifs is 3. The molecule has 1 atom stereocenters. The third-order valence-corrected chi connectivity index (χ3v) is 7.29. The van der Waals surface area contributed by atoms with Gasteiger partial charge in [-0.15, -0.1) is 0 Å². The number of rotatable bonds is 4. The van der Waals surface area contributed by atoms with E-state index in [1.807, 2.05) is 51.1 Å². The third-order valence-electron chi connectivity index (χ3n) is 5.47. The number of carbonyl (C=O) groups is 1. The van der Waals surface area contributed by atoms with Gasteiger partial charge < -0.3 is 5.32 Å². The second-order valence-electron chi connectivity index (χ2n) is 7.67. The minimum atomic E-state index is -3.83. The van der Waals surface area contributed by atoms with Gasteiger partial charge in [-0.1, -0.05) is 60.2 Å². The highest BCUT2D eigenvalue weighted by Gasteiger charge is 2.35. The molecular weight excluding hydrogens is 396 g/mol. The normalized spacial score (nSPS) is 15.1. The van der Waals surface area contributed by atoms with Crippen molar-refractivity contribution in [3.63, 3.8) is 0 Å². The highest BCUT2D eigenvalue weighted by atomic mass is 32.2. The summed E-state index contributed by atoms with van der Waals surface area (Å²) in [5.41, 5.74) is 5.25. The Morgan fingerprint density at radius 1 is 0.967 bits per heavy atom. The van der Waals surface area contributed by atoms with Crippen LogP contribution in [0.25, 0.3) is 11.1 Å². The van der Waals surface area contributed by atoms with Gasteiger partial charge in [0.2, 0.25) is 5.91 Å². The molecular formula is C24H24N2O3S. The van der Waals surface area contributed by atoms with Crippen molar-refractivity contribution in [1.29, 1.82) is 0 Å². The fourth-order valence-electron chi connectivity index (χ4n) is 4.06. The van der Waals surface area contributed by atoms with Crippen molar-refractivity contribution in [3.8, 4) is 11.1 Å². The minimum Gasteiger partial charge on any atom is -0.348 e. The summed E-state index contributed by atoms with van der Waals surface area (Å²) in [6.45, 7) is 5.66. The largest absolute Gasteiger partial charge is 0.348 e. The van der Waals surface area contributed by atoms with Crippen LogP contribution in [0, 0.1) is 13.8 Å². The van der Waals surface area contributed by atoms with E-state index in [-0.39, 0.29) is 23.4 Å². The number of nitrogens with one attached hydrogen (secondary N) is 1. The summed E-state index contributed by atoms with van der Waals surface area (Å²) in [4.78, 5) is 13.1. The summed E-state index contributed by atoms with van der Waals surface area (Å²) in [7, 11) is -3.83. The Morgan fingerprint density at radius 3 is 2.37 bits per heavy atom. The minimum absolute atomic E-state index is 0.221. The van der Waals surface area contributed by atoms with Gasteiger partial charge in [0.05, 0.1) is 16.6 Å². The van der Waals surface area contributed by atoms with Crippen LogP contribution in [0.3, 0.4) is 0 Å². The second kappa shape index (κ2) is 7.61. The first kappa shape index (κ1) is 20.2. The number of carbonyl (C=O) groups excluding carboxylic acids is 1. The molecule has 3 aromatic rings. The molecule has 154 valence electrons. The zero-order chi connectivity index (χ0) is 21.5. The molecule has 6 heteroatoms. The Labute approximate surface area is 177 Å². The van der Waals surface area contributed by atoms with Gasteiger partial charge in [-0.25, -0.2) is 8.42 Å². The molecule has 30 heavy (non-hydrogen) atoms. The maximum absolute atomic E-state index is 13.3. The number of benzene rings is 3. The Bertz CT molecular complexity index is 1230. The van der Waals surface area contributed by atoms with Crippen LogP contribution in [0.15, 0.2) is 71.6 Å². The summed E-state index contributed by atoms with van der Waals surface area (Å²) in [6.07, 6.45) is 0. The first-order chi connectivity index (χ1) is 14.3. The van der Waals surface area contributed by atoms with E-state index in [1.54, 1.807) is 30.3 Å².